The number of esters is 1. The summed E-state index contributed by atoms with van der Waals surface area (Å²) < 4.78 is 34.1. The summed E-state index contributed by atoms with van der Waals surface area (Å²) in [4.78, 5) is 11.6. The van der Waals surface area contributed by atoms with Crippen molar-refractivity contribution >= 4 is 21.7 Å². The minimum atomic E-state index is -3.80. The number of nitrogens with one attached hydrogen (secondary N) is 1. The lowest BCUT2D eigenvalue weighted by Crippen LogP contribution is -2.13. The average molecular weight is 385 g/mol. The summed E-state index contributed by atoms with van der Waals surface area (Å²) in [7, 11) is -2.52. The molecule has 0 aliphatic rings. The first-order valence-corrected chi connectivity index (χ1v) is 9.66. The lowest BCUT2D eigenvalue weighted by Gasteiger charge is -2.07. The maximum Gasteiger partial charge on any atom is 0.337 e. The van der Waals surface area contributed by atoms with E-state index in [-0.39, 0.29) is 4.90 Å². The number of anilines is 1. The van der Waals surface area contributed by atoms with E-state index in [4.69, 9.17) is 0 Å². The Labute approximate surface area is 157 Å². The summed E-state index contributed by atoms with van der Waals surface area (Å²) in [5.74, 6) is -0.484. The highest BCUT2D eigenvalue weighted by Crippen LogP contribution is 2.20. The fourth-order valence-electron chi connectivity index (χ4n) is 2.62. The molecule has 8 heteroatoms. The molecule has 140 valence electrons. The third-order valence-electron chi connectivity index (χ3n) is 3.94. The van der Waals surface area contributed by atoms with E-state index >= 15 is 0 Å². The van der Waals surface area contributed by atoms with Crippen LogP contribution in [0.1, 0.15) is 21.6 Å². The number of benzene rings is 2. The molecule has 0 amide bonds. The Hall–Kier alpha value is -3.13. The number of sulfonamides is 1. The van der Waals surface area contributed by atoms with Crippen LogP contribution in [0.25, 0.3) is 0 Å². The van der Waals surface area contributed by atoms with Gasteiger partial charge in [-0.25, -0.2) is 13.2 Å². The van der Waals surface area contributed by atoms with E-state index in [1.54, 1.807) is 11.6 Å². The second-order valence-electron chi connectivity index (χ2n) is 5.94. The number of carbonyl (C=O) groups is 1. The minimum absolute atomic E-state index is 0.107. The topological polar surface area (TPSA) is 90.3 Å². The van der Waals surface area contributed by atoms with Crippen molar-refractivity contribution in [1.82, 2.24) is 9.78 Å². The molecule has 0 aliphatic carbocycles. The van der Waals surface area contributed by atoms with Gasteiger partial charge in [0.05, 0.1) is 24.9 Å². The van der Waals surface area contributed by atoms with Crippen LogP contribution in [0, 0.1) is 6.92 Å². The first-order chi connectivity index (χ1) is 12.9. The molecule has 2 aromatic carbocycles. The molecule has 0 aliphatic heterocycles. The van der Waals surface area contributed by atoms with Crippen molar-refractivity contribution in [3.8, 4) is 0 Å². The van der Waals surface area contributed by atoms with Crippen LogP contribution >= 0.6 is 0 Å². The third-order valence-corrected chi connectivity index (χ3v) is 5.42. The van der Waals surface area contributed by atoms with Gasteiger partial charge in [-0.3, -0.25) is 9.40 Å². The molecule has 0 fully saturated rings. The third kappa shape index (κ3) is 4.35. The van der Waals surface area contributed by atoms with E-state index in [2.05, 4.69) is 14.6 Å². The van der Waals surface area contributed by atoms with Crippen LogP contribution in [0.3, 0.4) is 0 Å². The predicted octanol–water partition coefficient (Wildman–Crippen LogP) is 2.83. The van der Waals surface area contributed by atoms with Crippen molar-refractivity contribution in [2.24, 2.45) is 0 Å². The van der Waals surface area contributed by atoms with Gasteiger partial charge >= 0.3 is 5.97 Å². The Morgan fingerprint density at radius 2 is 1.78 bits per heavy atom. The van der Waals surface area contributed by atoms with Crippen LogP contribution in [0.2, 0.25) is 0 Å². The van der Waals surface area contributed by atoms with Gasteiger partial charge in [0, 0.05) is 11.9 Å². The zero-order valence-electron chi connectivity index (χ0n) is 14.9. The van der Waals surface area contributed by atoms with Crippen LogP contribution in [0.4, 0.5) is 5.69 Å². The molecule has 7 nitrogen and oxygen atoms in total. The lowest BCUT2D eigenvalue weighted by atomic mass is 10.2. The number of hydrogen-bond acceptors (Lipinski definition) is 5. The number of aryl methyl sites for hydroxylation is 1. The number of nitrogens with zero attached hydrogens (tertiary/aromatic N) is 2. The molecule has 1 N–H and O–H groups in total. The standard InChI is InChI=1S/C19H19N3O4S/c1-14-18(13-22(20-14)12-15-6-4-3-5-7-15)27(24,25)21-17-10-8-16(9-11-17)19(23)26-2/h3-11,13,21H,12H2,1-2H3. The van der Waals surface area contributed by atoms with Crippen molar-refractivity contribution < 1.29 is 17.9 Å². The van der Waals surface area contributed by atoms with Gasteiger partial charge in [-0.1, -0.05) is 30.3 Å². The van der Waals surface area contributed by atoms with E-state index < -0.39 is 16.0 Å². The Kier molecular flexibility index (Phi) is 5.27. The van der Waals surface area contributed by atoms with Crippen molar-refractivity contribution in [3.05, 3.63) is 77.6 Å². The van der Waals surface area contributed by atoms with Gasteiger partial charge in [-0.15, -0.1) is 0 Å². The summed E-state index contributed by atoms with van der Waals surface area (Å²) in [5, 5.41) is 4.30. The summed E-state index contributed by atoms with van der Waals surface area (Å²) in [5.41, 5.74) is 2.12. The predicted molar refractivity (Wildman–Crippen MR) is 101 cm³/mol. The summed E-state index contributed by atoms with van der Waals surface area (Å²) in [6.45, 7) is 2.13. The molecule has 3 rings (SSSR count). The molecular weight excluding hydrogens is 366 g/mol. The molecule has 0 saturated heterocycles. The number of ether oxygens (including phenoxy) is 1. The van der Waals surface area contributed by atoms with Crippen molar-refractivity contribution in [3.63, 3.8) is 0 Å². The van der Waals surface area contributed by atoms with Gasteiger partial charge in [0.25, 0.3) is 10.0 Å². The molecule has 0 atom stereocenters. The Bertz CT molecular complexity index is 1040. The molecule has 0 spiro atoms. The molecule has 27 heavy (non-hydrogen) atoms. The van der Waals surface area contributed by atoms with Gasteiger partial charge in [-0.05, 0) is 36.8 Å². The van der Waals surface area contributed by atoms with Crippen LogP contribution < -0.4 is 4.72 Å². The van der Waals surface area contributed by atoms with Gasteiger partial charge in [-0.2, -0.15) is 5.10 Å². The van der Waals surface area contributed by atoms with Crippen molar-refractivity contribution in [2.75, 3.05) is 11.8 Å². The van der Waals surface area contributed by atoms with Gasteiger partial charge in [0.15, 0.2) is 0 Å². The number of carbonyl (C=O) groups excluding carboxylic acids is 1. The Balaban J connectivity index is 1.79. The molecule has 0 unspecified atom stereocenters. The number of methoxy groups -OCH3 is 1. The molecular formula is C19H19N3O4S. The van der Waals surface area contributed by atoms with E-state index in [1.807, 2.05) is 30.3 Å². The largest absolute Gasteiger partial charge is 0.465 e. The number of rotatable bonds is 6. The summed E-state index contributed by atoms with van der Waals surface area (Å²) in [6, 6.07) is 15.7. The van der Waals surface area contributed by atoms with Gasteiger partial charge in [0.1, 0.15) is 4.90 Å². The van der Waals surface area contributed by atoms with Gasteiger partial charge < -0.3 is 4.74 Å². The molecule has 0 radical (unpaired) electrons. The Morgan fingerprint density at radius 3 is 2.41 bits per heavy atom. The van der Waals surface area contributed by atoms with E-state index in [1.165, 1.54) is 37.6 Å². The SMILES string of the molecule is COC(=O)c1ccc(NS(=O)(=O)c2cn(Cc3ccccc3)nc2C)cc1. The first-order valence-electron chi connectivity index (χ1n) is 8.18. The molecule has 1 aromatic heterocycles. The second-order valence-corrected chi connectivity index (χ2v) is 7.59. The van der Waals surface area contributed by atoms with E-state index in [0.717, 1.165) is 5.56 Å². The fourth-order valence-corrected chi connectivity index (χ4v) is 3.86. The second kappa shape index (κ2) is 7.63. The zero-order valence-corrected chi connectivity index (χ0v) is 15.7. The highest BCUT2D eigenvalue weighted by atomic mass is 32.2. The Morgan fingerprint density at radius 1 is 1.11 bits per heavy atom. The molecule has 0 bridgehead atoms. The molecule has 1 heterocycles. The first kappa shape index (κ1) is 18.7. The van der Waals surface area contributed by atoms with Crippen LogP contribution in [0.15, 0.2) is 65.7 Å². The molecule has 3 aromatic rings. The zero-order chi connectivity index (χ0) is 19.4. The summed E-state index contributed by atoms with van der Waals surface area (Å²) >= 11 is 0. The average Bonchev–Trinajstić information content (AvgIpc) is 3.03. The highest BCUT2D eigenvalue weighted by molar-refractivity contribution is 7.92. The van der Waals surface area contributed by atoms with E-state index in [9.17, 15) is 13.2 Å². The van der Waals surface area contributed by atoms with Crippen molar-refractivity contribution in [2.45, 2.75) is 18.4 Å². The fraction of sp³-hybridized carbons (Fsp3) is 0.158. The highest BCUT2D eigenvalue weighted by Gasteiger charge is 2.21. The summed E-state index contributed by atoms with van der Waals surface area (Å²) in [6.07, 6.45) is 1.51. The molecule has 0 saturated carbocycles. The maximum absolute atomic E-state index is 12.7. The van der Waals surface area contributed by atoms with Crippen LogP contribution in [-0.4, -0.2) is 31.3 Å². The lowest BCUT2D eigenvalue weighted by molar-refractivity contribution is 0.0601. The minimum Gasteiger partial charge on any atom is -0.465 e. The van der Waals surface area contributed by atoms with E-state index in [0.29, 0.717) is 23.5 Å². The van der Waals surface area contributed by atoms with Crippen molar-refractivity contribution in [1.29, 1.82) is 0 Å². The quantitative estimate of drug-likeness (QED) is 0.659. The number of aromatic nitrogens is 2. The van der Waals surface area contributed by atoms with Gasteiger partial charge in [0.2, 0.25) is 0 Å². The van der Waals surface area contributed by atoms with Crippen LogP contribution in [-0.2, 0) is 21.3 Å². The smallest absolute Gasteiger partial charge is 0.337 e. The normalized spacial score (nSPS) is 11.2. The van der Waals surface area contributed by atoms with Crippen LogP contribution in [0.5, 0.6) is 0 Å². The number of hydrogen-bond donors (Lipinski definition) is 1. The maximum atomic E-state index is 12.7. The monoisotopic (exact) mass is 385 g/mol.